The van der Waals surface area contributed by atoms with E-state index in [1.807, 2.05) is 33.8 Å². The van der Waals surface area contributed by atoms with Crippen LogP contribution in [0.4, 0.5) is 5.69 Å². The molecule has 1 N–H and O–H groups in total. The lowest BCUT2D eigenvalue weighted by Crippen LogP contribution is -2.52. The highest BCUT2D eigenvalue weighted by molar-refractivity contribution is 9.10. The van der Waals surface area contributed by atoms with E-state index in [1.165, 1.54) is 24.1 Å². The monoisotopic (exact) mass is 673 g/mol. The normalized spacial score (nSPS) is 12.0. The second-order valence-corrected chi connectivity index (χ2v) is 13.3. The van der Waals surface area contributed by atoms with Gasteiger partial charge in [-0.05, 0) is 83.2 Å². The number of nitrogens with one attached hydrogen (secondary N) is 1. The van der Waals surface area contributed by atoms with Gasteiger partial charge in [0, 0.05) is 13.1 Å². The Kier molecular flexibility index (Phi) is 12.0. The van der Waals surface area contributed by atoms with Crippen LogP contribution in [0.15, 0.2) is 76.1 Å². The van der Waals surface area contributed by atoms with Gasteiger partial charge in [0.2, 0.25) is 11.8 Å². The molecule has 43 heavy (non-hydrogen) atoms. The number of hydrogen-bond acceptors (Lipinski definition) is 6. The van der Waals surface area contributed by atoms with E-state index in [1.54, 1.807) is 55.6 Å². The SMILES string of the molecule is CCC(C(=O)NCC(C)C)N(Cc1cccc(OC)c1)C(=O)CN(c1ccc(C)cc1)S(=O)(=O)c1ccc(OC)c(Br)c1. The van der Waals surface area contributed by atoms with E-state index in [4.69, 9.17) is 9.47 Å². The number of amides is 2. The first-order valence-corrected chi connectivity index (χ1v) is 16.3. The number of hydrogen-bond donors (Lipinski definition) is 1. The third-order valence-corrected chi connectivity index (χ3v) is 9.26. The quantitative estimate of drug-likeness (QED) is 0.241. The molecule has 232 valence electrons. The van der Waals surface area contributed by atoms with Gasteiger partial charge in [-0.15, -0.1) is 0 Å². The summed E-state index contributed by atoms with van der Waals surface area (Å²) in [5.41, 5.74) is 2.00. The first-order valence-electron chi connectivity index (χ1n) is 14.0. The average molecular weight is 675 g/mol. The van der Waals surface area contributed by atoms with Crippen molar-refractivity contribution in [3.8, 4) is 11.5 Å². The summed E-state index contributed by atoms with van der Waals surface area (Å²) >= 11 is 3.37. The standard InChI is InChI=1S/C32H40BrN3O6S/c1-7-29(32(38)34-19-22(2)3)35(20-24-9-8-10-26(17-24)41-5)31(37)21-36(25-13-11-23(4)12-14-25)43(39,40)27-15-16-30(42-6)28(33)18-27/h8-18,22,29H,7,19-21H2,1-6H3,(H,34,38). The Bertz CT molecular complexity index is 1510. The number of rotatable bonds is 14. The number of methoxy groups -OCH3 is 2. The molecule has 0 radical (unpaired) electrons. The van der Waals surface area contributed by atoms with Gasteiger partial charge in [0.25, 0.3) is 10.0 Å². The lowest BCUT2D eigenvalue weighted by molar-refractivity contribution is -0.140. The zero-order chi connectivity index (χ0) is 31.7. The fraction of sp³-hybridized carbons (Fsp3) is 0.375. The van der Waals surface area contributed by atoms with Crippen LogP contribution in [-0.2, 0) is 26.2 Å². The van der Waals surface area contributed by atoms with Gasteiger partial charge in [-0.25, -0.2) is 8.42 Å². The van der Waals surface area contributed by atoms with Crippen LogP contribution in [0, 0.1) is 12.8 Å². The zero-order valence-electron chi connectivity index (χ0n) is 25.5. The maximum atomic E-state index is 14.2. The molecule has 0 aromatic heterocycles. The van der Waals surface area contributed by atoms with Crippen LogP contribution in [0.2, 0.25) is 0 Å². The van der Waals surface area contributed by atoms with Crippen molar-refractivity contribution in [1.82, 2.24) is 10.2 Å². The summed E-state index contributed by atoms with van der Waals surface area (Å²) in [5, 5.41) is 2.93. The smallest absolute Gasteiger partial charge is 0.264 e. The summed E-state index contributed by atoms with van der Waals surface area (Å²) in [6.07, 6.45) is 0.336. The molecule has 0 saturated carbocycles. The maximum Gasteiger partial charge on any atom is 0.264 e. The summed E-state index contributed by atoms with van der Waals surface area (Å²) in [6, 6.07) is 17.7. The minimum Gasteiger partial charge on any atom is -0.497 e. The van der Waals surface area contributed by atoms with Gasteiger partial charge in [0.15, 0.2) is 0 Å². The first-order chi connectivity index (χ1) is 20.4. The molecule has 0 heterocycles. The highest BCUT2D eigenvalue weighted by Crippen LogP contribution is 2.31. The van der Waals surface area contributed by atoms with Crippen molar-refractivity contribution in [2.75, 3.05) is 31.6 Å². The van der Waals surface area contributed by atoms with Gasteiger partial charge in [-0.3, -0.25) is 13.9 Å². The van der Waals surface area contributed by atoms with E-state index >= 15 is 0 Å². The fourth-order valence-corrected chi connectivity index (χ4v) is 6.62. The lowest BCUT2D eigenvalue weighted by Gasteiger charge is -2.33. The lowest BCUT2D eigenvalue weighted by atomic mass is 10.1. The van der Waals surface area contributed by atoms with Gasteiger partial charge in [0.1, 0.15) is 24.1 Å². The van der Waals surface area contributed by atoms with Crippen molar-refractivity contribution in [2.45, 2.75) is 51.6 Å². The van der Waals surface area contributed by atoms with Gasteiger partial charge >= 0.3 is 0 Å². The number of aryl methyl sites for hydroxylation is 1. The Labute approximate surface area is 263 Å². The van der Waals surface area contributed by atoms with Crippen molar-refractivity contribution in [1.29, 1.82) is 0 Å². The second kappa shape index (κ2) is 15.2. The second-order valence-electron chi connectivity index (χ2n) is 10.6. The van der Waals surface area contributed by atoms with Crippen LogP contribution in [-0.4, -0.2) is 58.5 Å². The molecule has 0 fully saturated rings. The van der Waals surface area contributed by atoms with Gasteiger partial charge in [-0.1, -0.05) is 50.6 Å². The number of benzene rings is 3. The molecular weight excluding hydrogens is 634 g/mol. The fourth-order valence-electron chi connectivity index (χ4n) is 4.48. The Morgan fingerprint density at radius 1 is 0.977 bits per heavy atom. The van der Waals surface area contributed by atoms with E-state index in [9.17, 15) is 18.0 Å². The van der Waals surface area contributed by atoms with E-state index in [0.717, 1.165) is 15.4 Å². The largest absolute Gasteiger partial charge is 0.497 e. The highest BCUT2D eigenvalue weighted by Gasteiger charge is 2.34. The Balaban J connectivity index is 2.08. The van der Waals surface area contributed by atoms with Crippen LogP contribution in [0.5, 0.6) is 11.5 Å². The van der Waals surface area contributed by atoms with E-state index < -0.39 is 28.5 Å². The summed E-state index contributed by atoms with van der Waals surface area (Å²) in [4.78, 5) is 29.0. The predicted molar refractivity (Wildman–Crippen MR) is 172 cm³/mol. The van der Waals surface area contributed by atoms with Crippen LogP contribution in [0.3, 0.4) is 0 Å². The molecule has 9 nitrogen and oxygen atoms in total. The Hall–Kier alpha value is -3.57. The van der Waals surface area contributed by atoms with Crippen LogP contribution >= 0.6 is 15.9 Å². The highest BCUT2D eigenvalue weighted by atomic mass is 79.9. The third-order valence-electron chi connectivity index (χ3n) is 6.87. The molecular formula is C32H40BrN3O6S. The minimum absolute atomic E-state index is 0.0189. The number of sulfonamides is 1. The Morgan fingerprint density at radius 3 is 2.26 bits per heavy atom. The zero-order valence-corrected chi connectivity index (χ0v) is 27.9. The molecule has 0 saturated heterocycles. The molecule has 3 aromatic carbocycles. The van der Waals surface area contributed by atoms with Crippen molar-refractivity contribution in [2.24, 2.45) is 5.92 Å². The molecule has 0 bridgehead atoms. The van der Waals surface area contributed by atoms with Gasteiger partial charge in [0.05, 0.1) is 29.3 Å². The molecule has 0 aliphatic rings. The molecule has 11 heteroatoms. The van der Waals surface area contributed by atoms with E-state index in [0.29, 0.717) is 34.6 Å². The average Bonchev–Trinajstić information content (AvgIpc) is 2.99. The molecule has 3 rings (SSSR count). The minimum atomic E-state index is -4.22. The molecule has 0 aliphatic carbocycles. The summed E-state index contributed by atoms with van der Waals surface area (Å²) in [5.74, 6) is 0.480. The Morgan fingerprint density at radius 2 is 1.67 bits per heavy atom. The van der Waals surface area contributed by atoms with Crippen molar-refractivity contribution in [3.63, 3.8) is 0 Å². The number of carbonyl (C=O) groups is 2. The molecule has 0 aliphatic heterocycles. The summed E-state index contributed by atoms with van der Waals surface area (Å²) in [7, 11) is -1.18. The van der Waals surface area contributed by atoms with Crippen LogP contribution in [0.25, 0.3) is 0 Å². The van der Waals surface area contributed by atoms with Crippen molar-refractivity contribution >= 4 is 43.5 Å². The number of halogens is 1. The molecule has 0 spiro atoms. The molecule has 3 aromatic rings. The first kappa shape index (κ1) is 33.9. The van der Waals surface area contributed by atoms with E-state index in [2.05, 4.69) is 21.2 Å². The molecule has 1 unspecified atom stereocenters. The number of ether oxygens (including phenoxy) is 2. The van der Waals surface area contributed by atoms with Crippen LogP contribution < -0.4 is 19.1 Å². The van der Waals surface area contributed by atoms with E-state index in [-0.39, 0.29) is 23.3 Å². The van der Waals surface area contributed by atoms with Crippen LogP contribution in [0.1, 0.15) is 38.3 Å². The summed E-state index contributed by atoms with van der Waals surface area (Å²) in [6.45, 7) is 7.71. The maximum absolute atomic E-state index is 14.2. The van der Waals surface area contributed by atoms with Crippen molar-refractivity contribution < 1.29 is 27.5 Å². The van der Waals surface area contributed by atoms with Gasteiger partial charge < -0.3 is 19.7 Å². The van der Waals surface area contributed by atoms with Gasteiger partial charge in [-0.2, -0.15) is 0 Å². The predicted octanol–water partition coefficient (Wildman–Crippen LogP) is 5.55. The number of nitrogens with zero attached hydrogens (tertiary/aromatic N) is 2. The summed E-state index contributed by atoms with van der Waals surface area (Å²) < 4.78 is 40.4. The molecule has 1 atom stereocenters. The topological polar surface area (TPSA) is 105 Å². The third kappa shape index (κ3) is 8.73. The molecule has 2 amide bonds. The van der Waals surface area contributed by atoms with Crippen molar-refractivity contribution in [3.05, 3.63) is 82.3 Å². The number of carbonyl (C=O) groups excluding carboxylic acids is 2. The number of anilines is 1.